The van der Waals surface area contributed by atoms with E-state index in [2.05, 4.69) is 10.9 Å². The summed E-state index contributed by atoms with van der Waals surface area (Å²) in [6.45, 7) is 6.50. The Morgan fingerprint density at radius 3 is 2.62 bits per heavy atom. The van der Waals surface area contributed by atoms with Gasteiger partial charge in [-0.15, -0.1) is 0 Å². The lowest BCUT2D eigenvalue weighted by molar-refractivity contribution is -0.117. The molecule has 152 valence electrons. The second-order valence-corrected chi connectivity index (χ2v) is 6.89. The average molecular weight is 394 g/mol. The van der Waals surface area contributed by atoms with Gasteiger partial charge < -0.3 is 9.47 Å². The molecular weight excluding hydrogens is 368 g/mol. The van der Waals surface area contributed by atoms with Crippen LogP contribution in [0.2, 0.25) is 0 Å². The summed E-state index contributed by atoms with van der Waals surface area (Å²) in [7, 11) is 0. The molecule has 2 aromatic carbocycles. The van der Waals surface area contributed by atoms with Crippen molar-refractivity contribution in [3.05, 3.63) is 64.7 Å². The molecule has 0 fully saturated rings. The van der Waals surface area contributed by atoms with Crippen molar-refractivity contribution in [1.82, 2.24) is 10.9 Å². The van der Waals surface area contributed by atoms with Crippen molar-refractivity contribution >= 4 is 17.9 Å². The highest BCUT2D eigenvalue weighted by atomic mass is 16.5. The molecule has 29 heavy (non-hydrogen) atoms. The molecule has 2 amide bonds. The van der Waals surface area contributed by atoms with E-state index in [0.717, 1.165) is 35.3 Å². The number of aryl methyl sites for hydroxylation is 1. The molecule has 1 atom stereocenters. The lowest BCUT2D eigenvalue weighted by Gasteiger charge is -2.10. The number of hydrogen-bond donors (Lipinski definition) is 2. The van der Waals surface area contributed by atoms with Crippen LogP contribution < -0.4 is 20.3 Å². The van der Waals surface area contributed by atoms with Gasteiger partial charge in [0.15, 0.2) is 0 Å². The fourth-order valence-electron chi connectivity index (χ4n) is 3.16. The van der Waals surface area contributed by atoms with Gasteiger partial charge >= 0.3 is 0 Å². The first-order valence-electron chi connectivity index (χ1n) is 9.83. The molecule has 0 radical (unpaired) electrons. The van der Waals surface area contributed by atoms with Crippen LogP contribution in [-0.2, 0) is 17.6 Å². The van der Waals surface area contributed by atoms with Gasteiger partial charge in [0, 0.05) is 29.2 Å². The monoisotopic (exact) mass is 394 g/mol. The molecule has 2 N–H and O–H groups in total. The summed E-state index contributed by atoms with van der Waals surface area (Å²) in [4.78, 5) is 24.3. The Balaban J connectivity index is 1.62. The van der Waals surface area contributed by atoms with Gasteiger partial charge in [-0.2, -0.15) is 0 Å². The number of benzene rings is 2. The number of fused-ring (bicyclic) bond motifs is 1. The van der Waals surface area contributed by atoms with Gasteiger partial charge in [-0.25, -0.2) is 0 Å². The Morgan fingerprint density at radius 2 is 1.93 bits per heavy atom. The van der Waals surface area contributed by atoms with Crippen LogP contribution in [-0.4, -0.2) is 24.5 Å². The number of amides is 2. The van der Waals surface area contributed by atoms with Crippen molar-refractivity contribution in [3.8, 4) is 11.5 Å². The normalized spacial score (nSPS) is 14.9. The third kappa shape index (κ3) is 5.16. The summed E-state index contributed by atoms with van der Waals surface area (Å²) in [6.07, 6.45) is 4.87. The third-order valence-corrected chi connectivity index (χ3v) is 4.67. The standard InChI is InChI=1S/C23H26N2O4/c1-4-16-6-8-17(9-7-16)23(27)25-24-22(26)11-10-18-13-21-19(12-15(3)29-21)14-20(18)28-5-2/h6-11,13-15H,4-5,12H2,1-3H3,(H,24,26)(H,25,27)/b11-10+/t15-/m0/s1. The van der Waals surface area contributed by atoms with E-state index in [9.17, 15) is 9.59 Å². The molecule has 0 saturated heterocycles. The SMILES string of the molecule is CCOc1cc2c(cc1/C=C/C(=O)NNC(=O)c1ccc(CC)cc1)O[C@@H](C)C2. The summed E-state index contributed by atoms with van der Waals surface area (Å²) in [6, 6.07) is 11.1. The highest BCUT2D eigenvalue weighted by Crippen LogP contribution is 2.35. The van der Waals surface area contributed by atoms with Crippen molar-refractivity contribution in [2.45, 2.75) is 39.7 Å². The van der Waals surface area contributed by atoms with E-state index in [-0.39, 0.29) is 12.0 Å². The molecule has 1 heterocycles. The highest BCUT2D eigenvalue weighted by molar-refractivity contribution is 5.98. The largest absolute Gasteiger partial charge is 0.493 e. The number of carbonyl (C=O) groups is 2. The Bertz CT molecular complexity index is 919. The summed E-state index contributed by atoms with van der Waals surface area (Å²) in [5, 5.41) is 0. The number of carbonyl (C=O) groups excluding carboxylic acids is 2. The summed E-state index contributed by atoms with van der Waals surface area (Å²) in [5.41, 5.74) is 8.28. The Hall–Kier alpha value is -3.28. The lowest BCUT2D eigenvalue weighted by Crippen LogP contribution is -2.40. The zero-order valence-corrected chi connectivity index (χ0v) is 17.0. The molecular formula is C23H26N2O4. The Kier molecular flexibility index (Phi) is 6.54. The predicted molar refractivity (Wildman–Crippen MR) is 112 cm³/mol. The fraction of sp³-hybridized carbons (Fsp3) is 0.304. The molecule has 1 aliphatic heterocycles. The number of ether oxygens (including phenoxy) is 2. The van der Waals surface area contributed by atoms with Crippen LogP contribution in [0.5, 0.6) is 11.5 Å². The Labute approximate surface area is 170 Å². The van der Waals surface area contributed by atoms with E-state index < -0.39 is 5.91 Å². The molecule has 0 aromatic heterocycles. The quantitative estimate of drug-likeness (QED) is 0.581. The number of nitrogens with one attached hydrogen (secondary N) is 2. The first-order valence-corrected chi connectivity index (χ1v) is 9.83. The van der Waals surface area contributed by atoms with E-state index in [1.165, 1.54) is 6.08 Å². The van der Waals surface area contributed by atoms with E-state index in [0.29, 0.717) is 17.9 Å². The van der Waals surface area contributed by atoms with Crippen LogP contribution in [0.1, 0.15) is 47.8 Å². The zero-order chi connectivity index (χ0) is 20.8. The van der Waals surface area contributed by atoms with E-state index >= 15 is 0 Å². The second kappa shape index (κ2) is 9.28. The number of rotatable bonds is 6. The van der Waals surface area contributed by atoms with Crippen LogP contribution in [0.25, 0.3) is 6.08 Å². The van der Waals surface area contributed by atoms with Gasteiger partial charge in [0.05, 0.1) is 6.61 Å². The first kappa shape index (κ1) is 20.5. The average Bonchev–Trinajstić information content (AvgIpc) is 3.09. The molecule has 0 aliphatic carbocycles. The molecule has 0 bridgehead atoms. The summed E-state index contributed by atoms with van der Waals surface area (Å²) < 4.78 is 11.5. The van der Waals surface area contributed by atoms with Gasteiger partial charge in [-0.1, -0.05) is 19.1 Å². The molecule has 0 unspecified atom stereocenters. The van der Waals surface area contributed by atoms with Gasteiger partial charge in [-0.3, -0.25) is 20.4 Å². The van der Waals surface area contributed by atoms with E-state index in [1.54, 1.807) is 18.2 Å². The van der Waals surface area contributed by atoms with E-state index in [4.69, 9.17) is 9.47 Å². The molecule has 3 rings (SSSR count). The minimum absolute atomic E-state index is 0.128. The predicted octanol–water partition coefficient (Wildman–Crippen LogP) is 3.45. The Morgan fingerprint density at radius 1 is 1.17 bits per heavy atom. The van der Waals surface area contributed by atoms with Crippen molar-refractivity contribution in [1.29, 1.82) is 0 Å². The summed E-state index contributed by atoms with van der Waals surface area (Å²) >= 11 is 0. The van der Waals surface area contributed by atoms with Gasteiger partial charge in [0.25, 0.3) is 11.8 Å². The maximum Gasteiger partial charge on any atom is 0.269 e. The van der Waals surface area contributed by atoms with Crippen LogP contribution >= 0.6 is 0 Å². The molecule has 0 spiro atoms. The van der Waals surface area contributed by atoms with Crippen molar-refractivity contribution in [2.24, 2.45) is 0 Å². The minimum Gasteiger partial charge on any atom is -0.493 e. The summed E-state index contributed by atoms with van der Waals surface area (Å²) in [5.74, 6) is 0.697. The van der Waals surface area contributed by atoms with Crippen molar-refractivity contribution < 1.29 is 19.1 Å². The highest BCUT2D eigenvalue weighted by Gasteiger charge is 2.21. The molecule has 0 saturated carbocycles. The molecule has 6 heteroatoms. The third-order valence-electron chi connectivity index (χ3n) is 4.67. The topological polar surface area (TPSA) is 76.7 Å². The van der Waals surface area contributed by atoms with Crippen LogP contribution in [0, 0.1) is 0 Å². The molecule has 6 nitrogen and oxygen atoms in total. The van der Waals surface area contributed by atoms with Crippen molar-refractivity contribution in [3.63, 3.8) is 0 Å². The van der Waals surface area contributed by atoms with E-state index in [1.807, 2.05) is 45.0 Å². The molecule has 2 aromatic rings. The lowest BCUT2D eigenvalue weighted by atomic mass is 10.1. The van der Waals surface area contributed by atoms with Gasteiger partial charge in [0.1, 0.15) is 17.6 Å². The first-order chi connectivity index (χ1) is 14.0. The zero-order valence-electron chi connectivity index (χ0n) is 17.0. The van der Waals surface area contributed by atoms with Crippen LogP contribution in [0.3, 0.4) is 0 Å². The second-order valence-electron chi connectivity index (χ2n) is 6.89. The van der Waals surface area contributed by atoms with Gasteiger partial charge in [-0.05, 0) is 56.2 Å². The van der Waals surface area contributed by atoms with Crippen LogP contribution in [0.15, 0.2) is 42.5 Å². The van der Waals surface area contributed by atoms with Crippen molar-refractivity contribution in [2.75, 3.05) is 6.61 Å². The maximum atomic E-state index is 12.1. The number of hydrogen-bond acceptors (Lipinski definition) is 4. The van der Waals surface area contributed by atoms with Crippen LogP contribution in [0.4, 0.5) is 0 Å². The number of hydrazine groups is 1. The van der Waals surface area contributed by atoms with Gasteiger partial charge in [0.2, 0.25) is 0 Å². The minimum atomic E-state index is -0.444. The smallest absolute Gasteiger partial charge is 0.269 e. The molecule has 1 aliphatic rings. The maximum absolute atomic E-state index is 12.1. The fourth-order valence-corrected chi connectivity index (χ4v) is 3.16.